The molecule has 1 saturated heterocycles. The highest BCUT2D eigenvalue weighted by Crippen LogP contribution is 2.44. The highest BCUT2D eigenvalue weighted by Gasteiger charge is 2.48. The summed E-state index contributed by atoms with van der Waals surface area (Å²) in [6.07, 6.45) is 0. The van der Waals surface area contributed by atoms with Crippen LogP contribution in [0.5, 0.6) is 11.5 Å². The van der Waals surface area contributed by atoms with Crippen molar-refractivity contribution in [2.24, 2.45) is 0 Å². The smallest absolute Gasteiger partial charge is 0.301 e. The van der Waals surface area contributed by atoms with E-state index in [1.165, 1.54) is 16.2 Å². The molecule has 1 aliphatic rings. The van der Waals surface area contributed by atoms with Gasteiger partial charge < -0.3 is 14.6 Å². The number of aromatic nitrogens is 1. The van der Waals surface area contributed by atoms with Gasteiger partial charge in [-0.3, -0.25) is 14.5 Å². The second-order valence-electron chi connectivity index (χ2n) is 8.82. The van der Waals surface area contributed by atoms with Gasteiger partial charge in [-0.15, -0.1) is 0 Å². The fourth-order valence-electron chi connectivity index (χ4n) is 4.56. The fraction of sp³-hybridized carbons (Fsp3) is 0.207. The lowest BCUT2D eigenvalue weighted by molar-refractivity contribution is -0.132. The molecule has 4 aromatic rings. The summed E-state index contributed by atoms with van der Waals surface area (Å²) in [5.74, 6) is -0.418. The maximum Gasteiger partial charge on any atom is 0.301 e. The summed E-state index contributed by atoms with van der Waals surface area (Å²) in [5.41, 5.74) is 3.69. The number of aryl methyl sites for hydroxylation is 2. The summed E-state index contributed by atoms with van der Waals surface area (Å²) < 4.78 is 11.8. The number of anilines is 1. The molecule has 1 unspecified atom stereocenters. The first-order valence-electron chi connectivity index (χ1n) is 11.9. The van der Waals surface area contributed by atoms with Crippen molar-refractivity contribution in [2.75, 3.05) is 18.6 Å². The first-order chi connectivity index (χ1) is 17.8. The van der Waals surface area contributed by atoms with Crippen molar-refractivity contribution in [1.82, 2.24) is 4.98 Å². The minimum absolute atomic E-state index is 0.00848. The predicted octanol–water partition coefficient (Wildman–Crippen LogP) is 5.95. The van der Waals surface area contributed by atoms with Gasteiger partial charge in [-0.25, -0.2) is 4.98 Å². The van der Waals surface area contributed by atoms with E-state index in [-0.39, 0.29) is 11.3 Å². The Balaban J connectivity index is 1.70. The molecule has 188 valence electrons. The number of benzene rings is 3. The minimum Gasteiger partial charge on any atom is -0.507 e. The van der Waals surface area contributed by atoms with E-state index >= 15 is 0 Å². The molecule has 0 radical (unpaired) electrons. The van der Waals surface area contributed by atoms with Crippen LogP contribution in [-0.4, -0.2) is 35.5 Å². The number of carbonyl (C=O) groups excluding carboxylic acids is 2. The van der Waals surface area contributed by atoms with E-state index in [1.807, 2.05) is 39.0 Å². The highest BCUT2D eigenvalue weighted by molar-refractivity contribution is 7.22. The number of hydrogen-bond donors (Lipinski definition) is 1. The SMILES string of the molecule is CCOc1ccc(C2C(=C(O)c3ccc(OC)c(C)c3)C(=O)C(=O)N2c2nc3ccc(C)cc3s2)cc1. The first-order valence-corrected chi connectivity index (χ1v) is 12.7. The van der Waals surface area contributed by atoms with Gasteiger partial charge in [-0.2, -0.15) is 0 Å². The number of aliphatic hydroxyl groups excluding tert-OH is 1. The molecule has 1 amide bonds. The summed E-state index contributed by atoms with van der Waals surface area (Å²) in [5, 5.41) is 11.8. The van der Waals surface area contributed by atoms with Crippen LogP contribution in [0.25, 0.3) is 16.0 Å². The third kappa shape index (κ3) is 4.34. The lowest BCUT2D eigenvalue weighted by Gasteiger charge is -2.23. The number of ketones is 1. The molecule has 0 saturated carbocycles. The molecule has 0 bridgehead atoms. The van der Waals surface area contributed by atoms with Gasteiger partial charge >= 0.3 is 5.91 Å². The number of nitrogens with zero attached hydrogens (tertiary/aromatic N) is 2. The van der Waals surface area contributed by atoms with Crippen LogP contribution in [0, 0.1) is 13.8 Å². The highest BCUT2D eigenvalue weighted by atomic mass is 32.1. The molecule has 37 heavy (non-hydrogen) atoms. The zero-order valence-corrected chi connectivity index (χ0v) is 21.8. The molecule has 1 aromatic heterocycles. The van der Waals surface area contributed by atoms with Crippen molar-refractivity contribution in [3.05, 3.63) is 88.5 Å². The number of Topliss-reactive ketones (excluding diaryl/α,β-unsaturated/α-hetero) is 1. The molecular formula is C29H26N2O5S. The average Bonchev–Trinajstić information content (AvgIpc) is 3.42. The fourth-order valence-corrected chi connectivity index (χ4v) is 5.65. The Kier molecular flexibility index (Phi) is 6.43. The quantitative estimate of drug-likeness (QED) is 0.194. The van der Waals surface area contributed by atoms with Crippen LogP contribution < -0.4 is 14.4 Å². The van der Waals surface area contributed by atoms with E-state index in [1.54, 1.807) is 49.6 Å². The third-order valence-corrected chi connectivity index (χ3v) is 7.38. The predicted molar refractivity (Wildman–Crippen MR) is 144 cm³/mol. The van der Waals surface area contributed by atoms with Crippen LogP contribution in [0.3, 0.4) is 0 Å². The zero-order chi connectivity index (χ0) is 26.3. The van der Waals surface area contributed by atoms with Crippen molar-refractivity contribution in [2.45, 2.75) is 26.8 Å². The molecule has 7 nitrogen and oxygen atoms in total. The molecule has 8 heteroatoms. The topological polar surface area (TPSA) is 89.0 Å². The Morgan fingerprint density at radius 2 is 1.81 bits per heavy atom. The van der Waals surface area contributed by atoms with Crippen molar-refractivity contribution in [3.8, 4) is 11.5 Å². The third-order valence-electron chi connectivity index (χ3n) is 6.36. The number of carbonyl (C=O) groups is 2. The van der Waals surface area contributed by atoms with Crippen LogP contribution in [0.15, 0.2) is 66.2 Å². The Bertz CT molecular complexity index is 1550. The summed E-state index contributed by atoms with van der Waals surface area (Å²) in [4.78, 5) is 33.0. The van der Waals surface area contributed by atoms with Crippen LogP contribution in [-0.2, 0) is 9.59 Å². The molecule has 0 spiro atoms. The lowest BCUT2D eigenvalue weighted by Crippen LogP contribution is -2.29. The Morgan fingerprint density at radius 3 is 2.49 bits per heavy atom. The summed E-state index contributed by atoms with van der Waals surface area (Å²) >= 11 is 1.34. The van der Waals surface area contributed by atoms with Crippen LogP contribution in [0.4, 0.5) is 5.13 Å². The number of amides is 1. The van der Waals surface area contributed by atoms with Gasteiger partial charge in [0.25, 0.3) is 5.78 Å². The number of hydrogen-bond acceptors (Lipinski definition) is 7. The number of rotatable bonds is 6. The van der Waals surface area contributed by atoms with Gasteiger partial charge in [-0.05, 0) is 79.9 Å². The van der Waals surface area contributed by atoms with Crippen LogP contribution in [0.2, 0.25) is 0 Å². The number of fused-ring (bicyclic) bond motifs is 1. The van der Waals surface area contributed by atoms with Crippen molar-refractivity contribution < 1.29 is 24.2 Å². The Hall–Kier alpha value is -4.17. The van der Waals surface area contributed by atoms with Gasteiger partial charge in [0.15, 0.2) is 5.13 Å². The monoisotopic (exact) mass is 514 g/mol. The maximum atomic E-state index is 13.5. The molecule has 1 aliphatic heterocycles. The molecule has 1 N–H and O–H groups in total. The van der Waals surface area contributed by atoms with E-state index in [2.05, 4.69) is 4.98 Å². The van der Waals surface area contributed by atoms with Crippen LogP contribution in [0.1, 0.15) is 35.2 Å². The standard InChI is InChI=1S/C29H26N2O5S/c1-5-36-20-10-7-18(8-11-20)25-24(26(32)19-9-13-22(35-4)17(3)15-19)27(33)28(34)31(25)29-30-21-12-6-16(2)14-23(21)37-29/h6-15,25,32H,5H2,1-4H3. The zero-order valence-electron chi connectivity index (χ0n) is 20.9. The maximum absolute atomic E-state index is 13.5. The Labute approximate surface area is 218 Å². The second kappa shape index (κ2) is 9.71. The molecule has 1 fully saturated rings. The van der Waals surface area contributed by atoms with E-state index in [9.17, 15) is 14.7 Å². The molecular weight excluding hydrogens is 488 g/mol. The van der Waals surface area contributed by atoms with Crippen molar-refractivity contribution >= 4 is 44.1 Å². The minimum atomic E-state index is -0.861. The number of methoxy groups -OCH3 is 1. The normalized spacial score (nSPS) is 17.0. The van der Waals surface area contributed by atoms with Crippen molar-refractivity contribution in [3.63, 3.8) is 0 Å². The largest absolute Gasteiger partial charge is 0.507 e. The average molecular weight is 515 g/mol. The van der Waals surface area contributed by atoms with Gasteiger partial charge in [0.2, 0.25) is 0 Å². The summed E-state index contributed by atoms with van der Waals surface area (Å²) in [7, 11) is 1.57. The van der Waals surface area contributed by atoms with Gasteiger partial charge in [0, 0.05) is 5.56 Å². The van der Waals surface area contributed by atoms with E-state index in [0.717, 1.165) is 21.3 Å². The molecule has 5 rings (SSSR count). The number of ether oxygens (including phenoxy) is 2. The summed E-state index contributed by atoms with van der Waals surface area (Å²) in [6, 6.07) is 17.3. The Morgan fingerprint density at radius 1 is 1.05 bits per heavy atom. The molecule has 2 heterocycles. The summed E-state index contributed by atoms with van der Waals surface area (Å²) in [6.45, 7) is 6.25. The van der Waals surface area contributed by atoms with Crippen LogP contribution >= 0.6 is 11.3 Å². The lowest BCUT2D eigenvalue weighted by atomic mass is 9.95. The number of aliphatic hydroxyl groups is 1. The van der Waals surface area contributed by atoms with Gasteiger partial charge in [0.1, 0.15) is 17.3 Å². The van der Waals surface area contributed by atoms with Gasteiger partial charge in [0.05, 0.1) is 35.5 Å². The van der Waals surface area contributed by atoms with Gasteiger partial charge in [-0.1, -0.05) is 29.5 Å². The van der Waals surface area contributed by atoms with Crippen molar-refractivity contribution in [1.29, 1.82) is 0 Å². The van der Waals surface area contributed by atoms with E-state index in [4.69, 9.17) is 9.47 Å². The first kappa shape index (κ1) is 24.5. The number of thiazole rings is 1. The second-order valence-corrected chi connectivity index (χ2v) is 9.83. The molecule has 1 atom stereocenters. The van der Waals surface area contributed by atoms with E-state index in [0.29, 0.717) is 34.4 Å². The molecule has 0 aliphatic carbocycles. The van der Waals surface area contributed by atoms with E-state index < -0.39 is 17.7 Å². The molecule has 3 aromatic carbocycles.